The molecule has 1 amide bonds. The summed E-state index contributed by atoms with van der Waals surface area (Å²) in [5.41, 5.74) is 0.660. The summed E-state index contributed by atoms with van der Waals surface area (Å²) in [4.78, 5) is 17.4. The number of amides is 1. The molecule has 0 unspecified atom stereocenters. The van der Waals surface area contributed by atoms with Crippen LogP contribution in [0.1, 0.15) is 52.9 Å². The highest BCUT2D eigenvalue weighted by molar-refractivity contribution is 7.99. The Morgan fingerprint density at radius 3 is 2.53 bits per heavy atom. The average Bonchev–Trinajstić information content (AvgIpc) is 3.15. The van der Waals surface area contributed by atoms with E-state index in [4.69, 9.17) is 0 Å². The molecule has 1 aromatic heterocycles. The molecule has 0 bridgehead atoms. The lowest BCUT2D eigenvalue weighted by Crippen LogP contribution is -2.49. The number of sulfonamides is 1. The minimum atomic E-state index is -3.57. The number of benzene rings is 1. The van der Waals surface area contributed by atoms with E-state index in [1.165, 1.54) is 16.1 Å². The second-order valence-electron chi connectivity index (χ2n) is 7.97. The number of aromatic nitrogens is 2. The van der Waals surface area contributed by atoms with Crippen molar-refractivity contribution in [2.75, 3.05) is 18.8 Å². The van der Waals surface area contributed by atoms with Gasteiger partial charge < -0.3 is 9.88 Å². The maximum absolute atomic E-state index is 12.9. The fourth-order valence-corrected chi connectivity index (χ4v) is 6.59. The summed E-state index contributed by atoms with van der Waals surface area (Å²) in [6, 6.07) is 7.30. The molecule has 0 atom stereocenters. The van der Waals surface area contributed by atoms with Crippen molar-refractivity contribution in [1.29, 1.82) is 5.26 Å². The van der Waals surface area contributed by atoms with Crippen LogP contribution >= 0.6 is 11.8 Å². The molecule has 1 heterocycles. The predicted octanol–water partition coefficient (Wildman–Crippen LogP) is 3.52. The van der Waals surface area contributed by atoms with Gasteiger partial charge in [-0.3, -0.25) is 4.79 Å². The van der Waals surface area contributed by atoms with Crippen molar-refractivity contribution in [3.63, 3.8) is 0 Å². The van der Waals surface area contributed by atoms with Gasteiger partial charge in [-0.25, -0.2) is 13.4 Å². The molecule has 3 rings (SSSR count). The predicted molar refractivity (Wildman–Crippen MR) is 126 cm³/mol. The summed E-state index contributed by atoms with van der Waals surface area (Å²) in [5.74, 6) is -0.0323. The molecular formula is C22H31N5O3S2. The Balaban J connectivity index is 1.80. The standard InChI is InChI=1S/C22H31N5O3S2/c1-4-26(5-2)32(29,30)17-10-11-19-18(14-17)24-21(27(19)6-3)31-15-20(28)25-22(16-23)12-8-7-9-13-22/h10-11,14H,4-9,12-13,15H2,1-3H3,(H,25,28). The largest absolute Gasteiger partial charge is 0.337 e. The van der Waals surface area contributed by atoms with Crippen molar-refractivity contribution in [3.05, 3.63) is 18.2 Å². The number of fused-ring (bicyclic) bond motifs is 1. The Hall–Kier alpha value is -2.09. The van der Waals surface area contributed by atoms with Crippen molar-refractivity contribution in [2.45, 2.75) is 75.0 Å². The first kappa shape index (κ1) is 24.6. The van der Waals surface area contributed by atoms with E-state index in [9.17, 15) is 18.5 Å². The molecule has 1 fully saturated rings. The second kappa shape index (κ2) is 10.2. The van der Waals surface area contributed by atoms with Crippen LogP contribution in [-0.2, 0) is 21.4 Å². The number of hydrogen-bond acceptors (Lipinski definition) is 6. The molecule has 1 aliphatic rings. The van der Waals surface area contributed by atoms with Gasteiger partial charge in [0.1, 0.15) is 5.54 Å². The summed E-state index contributed by atoms with van der Waals surface area (Å²) >= 11 is 1.30. The van der Waals surface area contributed by atoms with Crippen molar-refractivity contribution in [3.8, 4) is 6.07 Å². The summed E-state index contributed by atoms with van der Waals surface area (Å²) < 4.78 is 29.1. The zero-order valence-electron chi connectivity index (χ0n) is 18.9. The Kier molecular flexibility index (Phi) is 7.85. The minimum Gasteiger partial charge on any atom is -0.337 e. The number of carbonyl (C=O) groups excluding carboxylic acids is 1. The number of carbonyl (C=O) groups is 1. The van der Waals surface area contributed by atoms with Crippen LogP contribution in [0.15, 0.2) is 28.3 Å². The molecule has 174 valence electrons. The Bertz CT molecular complexity index is 1110. The van der Waals surface area contributed by atoms with Crippen LogP contribution in [0.3, 0.4) is 0 Å². The zero-order chi connectivity index (χ0) is 23.4. The highest BCUT2D eigenvalue weighted by Crippen LogP contribution is 2.29. The number of imidazole rings is 1. The molecule has 8 nitrogen and oxygen atoms in total. The molecule has 0 aliphatic heterocycles. The van der Waals surface area contributed by atoms with Gasteiger partial charge >= 0.3 is 0 Å². The molecule has 0 spiro atoms. The molecular weight excluding hydrogens is 446 g/mol. The molecule has 1 aromatic carbocycles. The molecule has 1 saturated carbocycles. The van der Waals surface area contributed by atoms with Crippen LogP contribution in [0.25, 0.3) is 11.0 Å². The third kappa shape index (κ3) is 4.95. The lowest BCUT2D eigenvalue weighted by Gasteiger charge is -2.31. The minimum absolute atomic E-state index is 0.150. The van der Waals surface area contributed by atoms with Gasteiger partial charge in [0.2, 0.25) is 15.9 Å². The molecule has 1 N–H and O–H groups in total. The number of nitrogens with zero attached hydrogens (tertiary/aromatic N) is 4. The number of rotatable bonds is 9. The Morgan fingerprint density at radius 2 is 1.94 bits per heavy atom. The van der Waals surface area contributed by atoms with Crippen LogP contribution in [0.2, 0.25) is 0 Å². The van der Waals surface area contributed by atoms with E-state index in [1.54, 1.807) is 18.2 Å². The first-order valence-corrected chi connectivity index (χ1v) is 13.6. The number of thioether (sulfide) groups is 1. The van der Waals surface area contributed by atoms with Crippen molar-refractivity contribution in [1.82, 2.24) is 19.2 Å². The first-order valence-electron chi connectivity index (χ1n) is 11.2. The van der Waals surface area contributed by atoms with Gasteiger partial charge in [-0.15, -0.1) is 0 Å². The normalized spacial score (nSPS) is 16.2. The topological polar surface area (TPSA) is 108 Å². The lowest BCUT2D eigenvalue weighted by atomic mass is 9.83. The molecule has 10 heteroatoms. The number of aryl methyl sites for hydroxylation is 1. The quantitative estimate of drug-likeness (QED) is 0.554. The van der Waals surface area contributed by atoms with Crippen LogP contribution in [0.5, 0.6) is 0 Å². The third-order valence-corrected chi connectivity index (χ3v) is 9.00. The summed E-state index contributed by atoms with van der Waals surface area (Å²) in [6.45, 7) is 7.06. The van der Waals surface area contributed by atoms with E-state index >= 15 is 0 Å². The maximum atomic E-state index is 12.9. The second-order valence-corrected chi connectivity index (χ2v) is 10.9. The van der Waals surface area contributed by atoms with E-state index in [0.717, 1.165) is 24.8 Å². The van der Waals surface area contributed by atoms with Crippen LogP contribution in [0, 0.1) is 11.3 Å². The van der Waals surface area contributed by atoms with Crippen molar-refractivity contribution < 1.29 is 13.2 Å². The van der Waals surface area contributed by atoms with Gasteiger partial charge in [0.15, 0.2) is 5.16 Å². The highest BCUT2D eigenvalue weighted by Gasteiger charge is 2.33. The van der Waals surface area contributed by atoms with Gasteiger partial charge in [-0.05, 0) is 38.0 Å². The molecule has 2 aromatic rings. The molecule has 0 radical (unpaired) electrons. The van der Waals surface area contributed by atoms with E-state index < -0.39 is 15.6 Å². The van der Waals surface area contributed by atoms with Crippen LogP contribution in [-0.4, -0.2) is 52.6 Å². The van der Waals surface area contributed by atoms with Gasteiger partial charge in [0, 0.05) is 19.6 Å². The SMILES string of the molecule is CCN(CC)S(=O)(=O)c1ccc2c(c1)nc(SCC(=O)NC1(C#N)CCCCC1)n2CC. The Morgan fingerprint density at radius 1 is 1.25 bits per heavy atom. The van der Waals surface area contributed by atoms with E-state index in [2.05, 4.69) is 16.4 Å². The smallest absolute Gasteiger partial charge is 0.243 e. The summed E-state index contributed by atoms with van der Waals surface area (Å²) in [5, 5.41) is 13.2. The number of nitrogens with one attached hydrogen (secondary N) is 1. The molecule has 32 heavy (non-hydrogen) atoms. The fraction of sp³-hybridized carbons (Fsp3) is 0.591. The van der Waals surface area contributed by atoms with Crippen molar-refractivity contribution in [2.24, 2.45) is 0 Å². The average molecular weight is 478 g/mol. The van der Waals surface area contributed by atoms with Crippen LogP contribution < -0.4 is 5.32 Å². The number of nitriles is 1. The van der Waals surface area contributed by atoms with E-state index in [0.29, 0.717) is 43.1 Å². The lowest BCUT2D eigenvalue weighted by molar-refractivity contribution is -0.120. The van der Waals surface area contributed by atoms with E-state index in [-0.39, 0.29) is 16.6 Å². The molecule has 0 saturated heterocycles. The Labute approximate surface area is 194 Å². The zero-order valence-corrected chi connectivity index (χ0v) is 20.6. The van der Waals surface area contributed by atoms with Gasteiger partial charge in [-0.1, -0.05) is 44.9 Å². The van der Waals surface area contributed by atoms with Gasteiger partial charge in [0.25, 0.3) is 0 Å². The molecule has 1 aliphatic carbocycles. The number of hydrogen-bond donors (Lipinski definition) is 1. The maximum Gasteiger partial charge on any atom is 0.243 e. The van der Waals surface area contributed by atoms with Crippen molar-refractivity contribution >= 4 is 38.7 Å². The summed E-state index contributed by atoms with van der Waals surface area (Å²) in [6.07, 6.45) is 4.38. The van der Waals surface area contributed by atoms with E-state index in [1.807, 2.05) is 25.3 Å². The monoisotopic (exact) mass is 477 g/mol. The summed E-state index contributed by atoms with van der Waals surface area (Å²) in [7, 11) is -3.57. The van der Waals surface area contributed by atoms with Gasteiger partial charge in [0.05, 0.1) is 27.8 Å². The fourth-order valence-electron chi connectivity index (χ4n) is 4.23. The first-order chi connectivity index (χ1) is 15.3. The van der Waals surface area contributed by atoms with Gasteiger partial charge in [-0.2, -0.15) is 9.57 Å². The van der Waals surface area contributed by atoms with Crippen LogP contribution in [0.4, 0.5) is 0 Å². The third-order valence-electron chi connectivity index (χ3n) is 5.98. The highest BCUT2D eigenvalue weighted by atomic mass is 32.2.